The second-order valence-corrected chi connectivity index (χ2v) is 6.25. The van der Waals surface area contributed by atoms with E-state index in [9.17, 15) is 0 Å². The maximum absolute atomic E-state index is 4.77. The SMILES string of the molecule is Cc1cc2ccccc2nc1NCC1CCCCC1C. The first kappa shape index (κ1) is 13.4. The van der Waals surface area contributed by atoms with Gasteiger partial charge in [0.15, 0.2) is 0 Å². The van der Waals surface area contributed by atoms with Gasteiger partial charge in [0.2, 0.25) is 0 Å². The van der Waals surface area contributed by atoms with Crippen LogP contribution < -0.4 is 5.32 Å². The standard InChI is InChI=1S/C18H24N2/c1-13-7-3-4-9-16(13)12-19-18-14(2)11-15-8-5-6-10-17(15)20-18/h5-6,8,10-11,13,16H,3-4,7,9,12H2,1-2H3,(H,19,20). The summed E-state index contributed by atoms with van der Waals surface area (Å²) in [7, 11) is 0. The largest absolute Gasteiger partial charge is 0.370 e. The Morgan fingerprint density at radius 2 is 2.00 bits per heavy atom. The van der Waals surface area contributed by atoms with Crippen molar-refractivity contribution >= 4 is 16.7 Å². The van der Waals surface area contributed by atoms with Crippen LogP contribution in [-0.2, 0) is 0 Å². The number of anilines is 1. The molecule has 0 radical (unpaired) electrons. The van der Waals surface area contributed by atoms with Crippen molar-refractivity contribution in [2.45, 2.75) is 39.5 Å². The molecule has 0 bridgehead atoms. The summed E-state index contributed by atoms with van der Waals surface area (Å²) in [5.41, 5.74) is 2.32. The molecule has 0 spiro atoms. The molecule has 2 atom stereocenters. The Labute approximate surface area is 121 Å². The lowest BCUT2D eigenvalue weighted by molar-refractivity contribution is 0.268. The maximum Gasteiger partial charge on any atom is 0.129 e. The number of fused-ring (bicyclic) bond motifs is 1. The highest BCUT2D eigenvalue weighted by molar-refractivity contribution is 5.81. The molecule has 1 aromatic carbocycles. The van der Waals surface area contributed by atoms with E-state index in [-0.39, 0.29) is 0 Å². The van der Waals surface area contributed by atoms with Crippen LogP contribution in [0.3, 0.4) is 0 Å². The molecule has 1 saturated carbocycles. The van der Waals surface area contributed by atoms with Crippen molar-refractivity contribution in [2.75, 3.05) is 11.9 Å². The lowest BCUT2D eigenvalue weighted by atomic mass is 9.80. The molecule has 0 amide bonds. The molecular formula is C18H24N2. The van der Waals surface area contributed by atoms with Crippen LogP contribution in [0.4, 0.5) is 5.82 Å². The van der Waals surface area contributed by atoms with Gasteiger partial charge >= 0.3 is 0 Å². The van der Waals surface area contributed by atoms with Gasteiger partial charge in [0.05, 0.1) is 5.52 Å². The normalized spacial score (nSPS) is 22.9. The van der Waals surface area contributed by atoms with Gasteiger partial charge in [-0.3, -0.25) is 0 Å². The molecule has 106 valence electrons. The van der Waals surface area contributed by atoms with Crippen LogP contribution >= 0.6 is 0 Å². The van der Waals surface area contributed by atoms with Gasteiger partial charge in [0.25, 0.3) is 0 Å². The lowest BCUT2D eigenvalue weighted by Crippen LogP contribution is -2.24. The highest BCUT2D eigenvalue weighted by Gasteiger charge is 2.21. The number of hydrogen-bond donors (Lipinski definition) is 1. The topological polar surface area (TPSA) is 24.9 Å². The summed E-state index contributed by atoms with van der Waals surface area (Å²) in [6.07, 6.45) is 5.54. The zero-order chi connectivity index (χ0) is 13.9. The van der Waals surface area contributed by atoms with Crippen LogP contribution in [0.1, 0.15) is 38.2 Å². The first-order chi connectivity index (χ1) is 9.74. The zero-order valence-corrected chi connectivity index (χ0v) is 12.5. The number of aromatic nitrogens is 1. The van der Waals surface area contributed by atoms with E-state index < -0.39 is 0 Å². The molecule has 2 unspecified atom stereocenters. The molecule has 2 nitrogen and oxygen atoms in total. The number of pyridine rings is 1. The van der Waals surface area contributed by atoms with Crippen molar-refractivity contribution in [3.8, 4) is 0 Å². The first-order valence-corrected chi connectivity index (χ1v) is 7.84. The Morgan fingerprint density at radius 3 is 2.85 bits per heavy atom. The average molecular weight is 268 g/mol. The van der Waals surface area contributed by atoms with E-state index >= 15 is 0 Å². The van der Waals surface area contributed by atoms with Crippen LogP contribution in [0.5, 0.6) is 0 Å². The third-order valence-electron chi connectivity index (χ3n) is 4.74. The van der Waals surface area contributed by atoms with E-state index in [4.69, 9.17) is 4.98 Å². The smallest absolute Gasteiger partial charge is 0.129 e. The number of nitrogens with zero attached hydrogens (tertiary/aromatic N) is 1. The predicted molar refractivity (Wildman–Crippen MR) is 86.1 cm³/mol. The quantitative estimate of drug-likeness (QED) is 0.866. The Morgan fingerprint density at radius 1 is 1.20 bits per heavy atom. The highest BCUT2D eigenvalue weighted by Crippen LogP contribution is 2.30. The summed E-state index contributed by atoms with van der Waals surface area (Å²) in [6, 6.07) is 10.6. The maximum atomic E-state index is 4.77. The third kappa shape index (κ3) is 2.79. The van der Waals surface area contributed by atoms with Crippen molar-refractivity contribution in [1.82, 2.24) is 4.98 Å². The number of nitrogens with one attached hydrogen (secondary N) is 1. The van der Waals surface area contributed by atoms with E-state index in [0.29, 0.717) is 0 Å². The number of hydrogen-bond acceptors (Lipinski definition) is 2. The summed E-state index contributed by atoms with van der Waals surface area (Å²) in [4.78, 5) is 4.77. The second kappa shape index (κ2) is 5.82. The lowest BCUT2D eigenvalue weighted by Gasteiger charge is -2.29. The van der Waals surface area contributed by atoms with Gasteiger partial charge in [0, 0.05) is 11.9 Å². The average Bonchev–Trinajstić information content (AvgIpc) is 2.46. The van der Waals surface area contributed by atoms with E-state index in [0.717, 1.165) is 29.7 Å². The Hall–Kier alpha value is -1.57. The number of rotatable bonds is 3. The molecule has 1 N–H and O–H groups in total. The van der Waals surface area contributed by atoms with Crippen LogP contribution in [0, 0.1) is 18.8 Å². The molecule has 0 saturated heterocycles. The number of para-hydroxylation sites is 1. The predicted octanol–water partition coefficient (Wildman–Crippen LogP) is 4.78. The number of aryl methyl sites for hydroxylation is 1. The Kier molecular flexibility index (Phi) is 3.90. The van der Waals surface area contributed by atoms with Crippen LogP contribution in [0.15, 0.2) is 30.3 Å². The third-order valence-corrected chi connectivity index (χ3v) is 4.74. The fourth-order valence-electron chi connectivity index (χ4n) is 3.32. The summed E-state index contributed by atoms with van der Waals surface area (Å²) in [5, 5.41) is 4.82. The van der Waals surface area contributed by atoms with E-state index in [1.54, 1.807) is 0 Å². The molecule has 1 aliphatic carbocycles. The van der Waals surface area contributed by atoms with Crippen LogP contribution in [0.2, 0.25) is 0 Å². The summed E-state index contributed by atoms with van der Waals surface area (Å²) < 4.78 is 0. The summed E-state index contributed by atoms with van der Waals surface area (Å²) in [6.45, 7) is 5.60. The highest BCUT2D eigenvalue weighted by atomic mass is 15.0. The molecule has 2 aromatic rings. The summed E-state index contributed by atoms with van der Waals surface area (Å²) in [5.74, 6) is 2.70. The summed E-state index contributed by atoms with van der Waals surface area (Å²) >= 11 is 0. The molecule has 1 heterocycles. The minimum absolute atomic E-state index is 0.802. The first-order valence-electron chi connectivity index (χ1n) is 7.84. The monoisotopic (exact) mass is 268 g/mol. The zero-order valence-electron chi connectivity index (χ0n) is 12.5. The van der Waals surface area contributed by atoms with E-state index in [1.807, 2.05) is 0 Å². The van der Waals surface area contributed by atoms with Gasteiger partial charge in [-0.15, -0.1) is 0 Å². The fourth-order valence-corrected chi connectivity index (χ4v) is 3.32. The molecule has 2 heteroatoms. The van der Waals surface area contributed by atoms with Crippen molar-refractivity contribution in [2.24, 2.45) is 11.8 Å². The molecular weight excluding hydrogens is 244 g/mol. The molecule has 1 aliphatic rings. The molecule has 1 fully saturated rings. The van der Waals surface area contributed by atoms with Gasteiger partial charge in [-0.25, -0.2) is 4.98 Å². The molecule has 20 heavy (non-hydrogen) atoms. The van der Waals surface area contributed by atoms with Gasteiger partial charge in [0.1, 0.15) is 5.82 Å². The second-order valence-electron chi connectivity index (χ2n) is 6.25. The molecule has 0 aliphatic heterocycles. The van der Waals surface area contributed by atoms with Gasteiger partial charge < -0.3 is 5.32 Å². The minimum Gasteiger partial charge on any atom is -0.370 e. The van der Waals surface area contributed by atoms with Gasteiger partial charge in [-0.1, -0.05) is 44.4 Å². The Balaban J connectivity index is 1.75. The van der Waals surface area contributed by atoms with Crippen molar-refractivity contribution in [3.05, 3.63) is 35.9 Å². The fraction of sp³-hybridized carbons (Fsp3) is 0.500. The van der Waals surface area contributed by atoms with E-state index in [2.05, 4.69) is 49.5 Å². The Bertz CT molecular complexity index is 591. The van der Waals surface area contributed by atoms with Crippen LogP contribution in [0.25, 0.3) is 10.9 Å². The van der Waals surface area contributed by atoms with Crippen molar-refractivity contribution < 1.29 is 0 Å². The molecule has 1 aromatic heterocycles. The van der Waals surface area contributed by atoms with Gasteiger partial charge in [-0.2, -0.15) is 0 Å². The van der Waals surface area contributed by atoms with Crippen LogP contribution in [-0.4, -0.2) is 11.5 Å². The van der Waals surface area contributed by atoms with Crippen molar-refractivity contribution in [1.29, 1.82) is 0 Å². The van der Waals surface area contributed by atoms with Gasteiger partial charge in [-0.05, 0) is 42.9 Å². The van der Waals surface area contributed by atoms with Crippen molar-refractivity contribution in [3.63, 3.8) is 0 Å². The van der Waals surface area contributed by atoms with E-state index in [1.165, 1.54) is 36.6 Å². The molecule has 3 rings (SSSR count). The minimum atomic E-state index is 0.802. The number of benzene rings is 1.